The lowest BCUT2D eigenvalue weighted by molar-refractivity contribution is -0.139. The SMILES string of the molecule is O=C(O)COc1ccc(OCCCOc2ccc(Cl)cc2-n2nc3ccccc3n2)c(Cl)c1. The third kappa shape index (κ3) is 5.85. The van der Waals surface area contributed by atoms with Crippen LogP contribution in [-0.2, 0) is 4.79 Å². The van der Waals surface area contributed by atoms with Gasteiger partial charge in [-0.25, -0.2) is 4.79 Å². The monoisotopic (exact) mass is 487 g/mol. The molecule has 0 aliphatic rings. The Labute approximate surface area is 199 Å². The number of aliphatic carboxylic acids is 1. The maximum Gasteiger partial charge on any atom is 0.341 e. The van der Waals surface area contributed by atoms with Crippen LogP contribution in [-0.4, -0.2) is 45.9 Å². The second-order valence-corrected chi connectivity index (χ2v) is 7.76. The number of rotatable bonds is 10. The number of nitrogens with zero attached hydrogens (tertiary/aromatic N) is 3. The molecule has 0 spiro atoms. The van der Waals surface area contributed by atoms with Gasteiger partial charge in [0.05, 0.1) is 18.2 Å². The lowest BCUT2D eigenvalue weighted by Crippen LogP contribution is -2.09. The highest BCUT2D eigenvalue weighted by Crippen LogP contribution is 2.29. The first-order valence-electron chi connectivity index (χ1n) is 10.0. The van der Waals surface area contributed by atoms with Crippen LogP contribution in [0.5, 0.6) is 17.2 Å². The number of carbonyl (C=O) groups is 1. The van der Waals surface area contributed by atoms with Crippen LogP contribution in [0.2, 0.25) is 10.0 Å². The van der Waals surface area contributed by atoms with E-state index in [0.29, 0.717) is 52.6 Å². The molecule has 0 atom stereocenters. The summed E-state index contributed by atoms with van der Waals surface area (Å²) >= 11 is 12.4. The van der Waals surface area contributed by atoms with Crippen LogP contribution in [0.4, 0.5) is 0 Å². The first-order chi connectivity index (χ1) is 16.0. The van der Waals surface area contributed by atoms with Crippen molar-refractivity contribution in [1.29, 1.82) is 0 Å². The number of halogens is 2. The molecular weight excluding hydrogens is 469 g/mol. The fourth-order valence-corrected chi connectivity index (χ4v) is 3.38. The molecule has 3 aromatic carbocycles. The molecule has 10 heteroatoms. The zero-order valence-corrected chi connectivity index (χ0v) is 18.8. The molecule has 1 aromatic heterocycles. The maximum absolute atomic E-state index is 10.6. The Hall–Kier alpha value is -3.49. The van der Waals surface area contributed by atoms with E-state index in [1.54, 1.807) is 30.3 Å². The molecule has 4 rings (SSSR count). The zero-order chi connectivity index (χ0) is 23.2. The molecule has 1 N–H and O–H groups in total. The molecule has 0 amide bonds. The minimum absolute atomic E-state index is 0.329. The molecule has 0 saturated carbocycles. The van der Waals surface area contributed by atoms with Gasteiger partial charge in [0.2, 0.25) is 0 Å². The average molecular weight is 488 g/mol. The van der Waals surface area contributed by atoms with E-state index in [1.165, 1.54) is 10.9 Å². The number of fused-ring (bicyclic) bond motifs is 1. The van der Waals surface area contributed by atoms with Crippen LogP contribution in [0.15, 0.2) is 60.7 Å². The summed E-state index contributed by atoms with van der Waals surface area (Å²) in [5.74, 6) is 0.358. The average Bonchev–Trinajstić information content (AvgIpc) is 3.23. The number of carboxylic acids is 1. The third-order valence-electron chi connectivity index (χ3n) is 4.49. The summed E-state index contributed by atoms with van der Waals surface area (Å²) in [6.07, 6.45) is 0.587. The smallest absolute Gasteiger partial charge is 0.341 e. The van der Waals surface area contributed by atoms with E-state index >= 15 is 0 Å². The predicted molar refractivity (Wildman–Crippen MR) is 124 cm³/mol. The maximum atomic E-state index is 10.6. The van der Waals surface area contributed by atoms with E-state index in [4.69, 9.17) is 42.5 Å². The molecule has 0 bridgehead atoms. The van der Waals surface area contributed by atoms with Crippen LogP contribution >= 0.6 is 23.2 Å². The molecular formula is C23H19Cl2N3O5. The summed E-state index contributed by atoms with van der Waals surface area (Å²) in [5.41, 5.74) is 2.18. The highest BCUT2D eigenvalue weighted by atomic mass is 35.5. The van der Waals surface area contributed by atoms with Crippen LogP contribution in [0.3, 0.4) is 0 Å². The standard InChI is InChI=1S/C23H19Cl2N3O5/c24-15-6-8-22(20(12-15)28-26-18-4-1-2-5-19(18)27-28)32-11-3-10-31-21-9-7-16(13-17(21)25)33-14-23(29)30/h1-2,4-9,12-13H,3,10-11,14H2,(H,29,30). The van der Waals surface area contributed by atoms with E-state index in [-0.39, 0.29) is 0 Å². The van der Waals surface area contributed by atoms with Gasteiger partial charge in [-0.15, -0.1) is 15.0 Å². The first kappa shape index (κ1) is 22.7. The summed E-state index contributed by atoms with van der Waals surface area (Å²) in [4.78, 5) is 12.1. The van der Waals surface area contributed by atoms with Gasteiger partial charge in [0.15, 0.2) is 6.61 Å². The molecule has 4 aromatic rings. The van der Waals surface area contributed by atoms with Gasteiger partial charge in [0.25, 0.3) is 0 Å². The van der Waals surface area contributed by atoms with Crippen LogP contribution in [0.25, 0.3) is 16.7 Å². The van der Waals surface area contributed by atoms with E-state index in [2.05, 4.69) is 10.2 Å². The van der Waals surface area contributed by atoms with Gasteiger partial charge in [0, 0.05) is 17.5 Å². The summed E-state index contributed by atoms with van der Waals surface area (Å²) in [6.45, 7) is 0.305. The van der Waals surface area contributed by atoms with Crippen LogP contribution < -0.4 is 14.2 Å². The van der Waals surface area contributed by atoms with Crippen molar-refractivity contribution in [3.8, 4) is 22.9 Å². The molecule has 8 nitrogen and oxygen atoms in total. The van der Waals surface area contributed by atoms with Crippen LogP contribution in [0.1, 0.15) is 6.42 Å². The molecule has 0 aliphatic heterocycles. The summed E-state index contributed by atoms with van der Waals surface area (Å²) < 4.78 is 16.7. The van der Waals surface area contributed by atoms with Gasteiger partial charge in [-0.05, 0) is 42.5 Å². The minimum atomic E-state index is -1.06. The van der Waals surface area contributed by atoms with Crippen molar-refractivity contribution < 1.29 is 24.1 Å². The molecule has 0 radical (unpaired) electrons. The minimum Gasteiger partial charge on any atom is -0.492 e. The van der Waals surface area contributed by atoms with Crippen molar-refractivity contribution in [3.05, 3.63) is 70.7 Å². The molecule has 0 fully saturated rings. The second kappa shape index (κ2) is 10.4. The van der Waals surface area contributed by atoms with E-state index in [0.717, 1.165) is 11.0 Å². The van der Waals surface area contributed by atoms with E-state index in [1.807, 2.05) is 24.3 Å². The number of benzene rings is 3. The Kier molecular flexibility index (Phi) is 7.16. The summed E-state index contributed by atoms with van der Waals surface area (Å²) in [5, 5.41) is 18.5. The predicted octanol–water partition coefficient (Wildman–Crippen LogP) is 5.04. The zero-order valence-electron chi connectivity index (χ0n) is 17.3. The number of carboxylic acid groups (broad SMARTS) is 1. The van der Waals surface area contributed by atoms with Gasteiger partial charge < -0.3 is 19.3 Å². The molecule has 0 unspecified atom stereocenters. The topological polar surface area (TPSA) is 95.7 Å². The number of aromatic nitrogens is 3. The van der Waals surface area contributed by atoms with Crippen LogP contribution in [0, 0.1) is 0 Å². The molecule has 0 saturated heterocycles. The van der Waals surface area contributed by atoms with Gasteiger partial charge in [0.1, 0.15) is 34.0 Å². The number of hydrogen-bond donors (Lipinski definition) is 1. The Balaban J connectivity index is 1.33. The van der Waals surface area contributed by atoms with E-state index in [9.17, 15) is 4.79 Å². The summed E-state index contributed by atoms with van der Waals surface area (Å²) in [6, 6.07) is 17.6. The molecule has 170 valence electrons. The molecule has 0 aliphatic carbocycles. The fourth-order valence-electron chi connectivity index (χ4n) is 2.99. The van der Waals surface area contributed by atoms with Crippen molar-refractivity contribution in [3.63, 3.8) is 0 Å². The van der Waals surface area contributed by atoms with Gasteiger partial charge in [-0.2, -0.15) is 0 Å². The van der Waals surface area contributed by atoms with E-state index < -0.39 is 12.6 Å². The Morgan fingerprint density at radius 1 is 0.879 bits per heavy atom. The number of hydrogen-bond acceptors (Lipinski definition) is 6. The third-order valence-corrected chi connectivity index (χ3v) is 5.02. The largest absolute Gasteiger partial charge is 0.492 e. The summed E-state index contributed by atoms with van der Waals surface area (Å²) in [7, 11) is 0. The quantitative estimate of drug-likeness (QED) is 0.313. The highest BCUT2D eigenvalue weighted by molar-refractivity contribution is 6.32. The molecule has 1 heterocycles. The van der Waals surface area contributed by atoms with Gasteiger partial charge >= 0.3 is 5.97 Å². The Bertz CT molecular complexity index is 1250. The second-order valence-electron chi connectivity index (χ2n) is 6.92. The van der Waals surface area contributed by atoms with Crippen molar-refractivity contribution >= 4 is 40.2 Å². The van der Waals surface area contributed by atoms with Crippen molar-refractivity contribution in [2.75, 3.05) is 19.8 Å². The first-order valence-corrected chi connectivity index (χ1v) is 10.8. The Morgan fingerprint density at radius 3 is 2.21 bits per heavy atom. The molecule has 33 heavy (non-hydrogen) atoms. The lowest BCUT2D eigenvalue weighted by Gasteiger charge is -2.12. The van der Waals surface area contributed by atoms with Crippen molar-refractivity contribution in [1.82, 2.24) is 15.0 Å². The number of ether oxygens (including phenoxy) is 3. The van der Waals surface area contributed by atoms with Crippen molar-refractivity contribution in [2.24, 2.45) is 0 Å². The Morgan fingerprint density at radius 2 is 1.55 bits per heavy atom. The normalized spacial score (nSPS) is 10.8. The fraction of sp³-hybridized carbons (Fsp3) is 0.174. The highest BCUT2D eigenvalue weighted by Gasteiger charge is 2.12. The lowest BCUT2D eigenvalue weighted by atomic mass is 10.3. The van der Waals surface area contributed by atoms with Crippen molar-refractivity contribution in [2.45, 2.75) is 6.42 Å². The van der Waals surface area contributed by atoms with Gasteiger partial charge in [-0.1, -0.05) is 35.3 Å². The van der Waals surface area contributed by atoms with Gasteiger partial charge in [-0.3, -0.25) is 0 Å².